The number of nitriles is 1. The molecular formula is C15H14N2O3. The minimum atomic E-state index is -0.558. The second kappa shape index (κ2) is 4.97. The molecule has 1 saturated heterocycles. The number of hydrogen-bond acceptors (Lipinski definition) is 4. The van der Waals surface area contributed by atoms with E-state index in [1.165, 1.54) is 4.90 Å². The summed E-state index contributed by atoms with van der Waals surface area (Å²) in [5, 5.41) is 8.98. The van der Waals surface area contributed by atoms with Gasteiger partial charge in [-0.1, -0.05) is 6.07 Å². The third-order valence-electron chi connectivity index (χ3n) is 3.64. The lowest BCUT2D eigenvalue weighted by molar-refractivity contribution is -0.140. The summed E-state index contributed by atoms with van der Waals surface area (Å²) >= 11 is 0. The van der Waals surface area contributed by atoms with Crippen LogP contribution in [0.4, 0.5) is 5.69 Å². The predicted octanol–water partition coefficient (Wildman–Crippen LogP) is 1.62. The quantitative estimate of drug-likeness (QED) is 0.782. The van der Waals surface area contributed by atoms with Crippen LogP contribution in [0.5, 0.6) is 0 Å². The molecule has 0 spiro atoms. The van der Waals surface area contributed by atoms with E-state index in [1.54, 1.807) is 24.3 Å². The Bertz CT molecular complexity index is 601. The molecule has 5 nitrogen and oxygen atoms in total. The SMILES string of the molecule is N#Cc1cccc(N(C(=O)C2CC2)C2CCOC2=O)c1. The van der Waals surface area contributed by atoms with Crippen LogP contribution in [-0.4, -0.2) is 24.5 Å². The summed E-state index contributed by atoms with van der Waals surface area (Å²) in [5.74, 6) is -0.389. The molecule has 0 N–H and O–H groups in total. The standard InChI is InChI=1S/C15H14N2O3/c16-9-10-2-1-3-12(8-10)17(14(18)11-4-5-11)13-6-7-20-15(13)19/h1-3,8,11,13H,4-7H2. The highest BCUT2D eigenvalue weighted by Gasteiger charge is 2.42. The number of rotatable bonds is 3. The van der Waals surface area contributed by atoms with Gasteiger partial charge < -0.3 is 4.74 Å². The molecule has 20 heavy (non-hydrogen) atoms. The van der Waals surface area contributed by atoms with Crippen molar-refractivity contribution in [2.75, 3.05) is 11.5 Å². The fourth-order valence-corrected chi connectivity index (χ4v) is 2.43. The minimum absolute atomic E-state index is 0.00846. The van der Waals surface area contributed by atoms with Crippen molar-refractivity contribution in [1.29, 1.82) is 5.26 Å². The highest BCUT2D eigenvalue weighted by molar-refractivity contribution is 6.02. The van der Waals surface area contributed by atoms with Gasteiger partial charge in [0.2, 0.25) is 5.91 Å². The maximum Gasteiger partial charge on any atom is 0.329 e. The van der Waals surface area contributed by atoms with Crippen molar-refractivity contribution in [3.8, 4) is 6.07 Å². The normalized spacial score (nSPS) is 21.1. The third kappa shape index (κ3) is 2.25. The summed E-state index contributed by atoms with van der Waals surface area (Å²) in [6.07, 6.45) is 2.25. The number of benzene rings is 1. The molecule has 1 unspecified atom stereocenters. The first-order valence-corrected chi connectivity index (χ1v) is 6.70. The molecule has 5 heteroatoms. The number of anilines is 1. The van der Waals surface area contributed by atoms with Crippen LogP contribution in [0.15, 0.2) is 24.3 Å². The molecule has 102 valence electrons. The highest BCUT2D eigenvalue weighted by atomic mass is 16.5. The maximum atomic E-state index is 12.5. The molecule has 0 radical (unpaired) electrons. The number of cyclic esters (lactones) is 1. The summed E-state index contributed by atoms with van der Waals surface area (Å²) in [6.45, 7) is 0.343. The molecule has 0 bridgehead atoms. The lowest BCUT2D eigenvalue weighted by Gasteiger charge is -2.26. The molecule has 1 aliphatic carbocycles. The van der Waals surface area contributed by atoms with Crippen LogP contribution in [0.1, 0.15) is 24.8 Å². The number of nitrogens with zero attached hydrogens (tertiary/aromatic N) is 2. The molecule has 0 aromatic heterocycles. The Morgan fingerprint density at radius 2 is 2.15 bits per heavy atom. The van der Waals surface area contributed by atoms with E-state index in [-0.39, 0.29) is 17.8 Å². The van der Waals surface area contributed by atoms with Crippen LogP contribution in [0.3, 0.4) is 0 Å². The van der Waals surface area contributed by atoms with Gasteiger partial charge >= 0.3 is 5.97 Å². The smallest absolute Gasteiger partial charge is 0.329 e. The van der Waals surface area contributed by atoms with Gasteiger partial charge in [0.15, 0.2) is 0 Å². The Morgan fingerprint density at radius 3 is 2.75 bits per heavy atom. The van der Waals surface area contributed by atoms with E-state index in [4.69, 9.17) is 10.00 Å². The second-order valence-corrected chi connectivity index (χ2v) is 5.12. The maximum absolute atomic E-state index is 12.5. The molecule has 2 aliphatic rings. The first kappa shape index (κ1) is 12.7. The molecule has 1 aromatic rings. The highest BCUT2D eigenvalue weighted by Crippen LogP contribution is 2.35. The monoisotopic (exact) mass is 270 g/mol. The van der Waals surface area contributed by atoms with Crippen molar-refractivity contribution in [1.82, 2.24) is 0 Å². The first-order valence-electron chi connectivity index (χ1n) is 6.70. The number of carbonyl (C=O) groups excluding carboxylic acids is 2. The van der Waals surface area contributed by atoms with Crippen LogP contribution < -0.4 is 4.90 Å². The molecule has 1 heterocycles. The summed E-state index contributed by atoms with van der Waals surface area (Å²) < 4.78 is 4.98. The number of hydrogen-bond donors (Lipinski definition) is 0. The van der Waals surface area contributed by atoms with Gasteiger partial charge in [0.25, 0.3) is 0 Å². The zero-order chi connectivity index (χ0) is 14.1. The minimum Gasteiger partial charge on any atom is -0.464 e. The molecule has 2 fully saturated rings. The zero-order valence-corrected chi connectivity index (χ0v) is 10.9. The fourth-order valence-electron chi connectivity index (χ4n) is 2.43. The summed E-state index contributed by atoms with van der Waals surface area (Å²) in [7, 11) is 0. The summed E-state index contributed by atoms with van der Waals surface area (Å²) in [4.78, 5) is 25.8. The Hall–Kier alpha value is -2.35. The molecule has 1 aromatic carbocycles. The van der Waals surface area contributed by atoms with Crippen LogP contribution in [-0.2, 0) is 14.3 Å². The molecule has 1 amide bonds. The Morgan fingerprint density at radius 1 is 1.35 bits per heavy atom. The predicted molar refractivity (Wildman–Crippen MR) is 70.7 cm³/mol. The van der Waals surface area contributed by atoms with E-state index < -0.39 is 6.04 Å². The van der Waals surface area contributed by atoms with Gasteiger partial charge in [-0.25, -0.2) is 4.79 Å². The Balaban J connectivity index is 1.97. The van der Waals surface area contributed by atoms with Crippen molar-refractivity contribution in [3.63, 3.8) is 0 Å². The van der Waals surface area contributed by atoms with Crippen LogP contribution >= 0.6 is 0 Å². The van der Waals surface area contributed by atoms with Gasteiger partial charge in [0.05, 0.1) is 18.2 Å². The van der Waals surface area contributed by atoms with E-state index in [0.29, 0.717) is 24.3 Å². The van der Waals surface area contributed by atoms with E-state index in [1.807, 2.05) is 0 Å². The molecule has 1 saturated carbocycles. The Kier molecular flexibility index (Phi) is 3.15. The van der Waals surface area contributed by atoms with E-state index in [9.17, 15) is 9.59 Å². The molecular weight excluding hydrogens is 256 g/mol. The number of carbonyl (C=O) groups is 2. The Labute approximate surface area is 116 Å². The average molecular weight is 270 g/mol. The zero-order valence-electron chi connectivity index (χ0n) is 10.9. The third-order valence-corrected chi connectivity index (χ3v) is 3.64. The van der Waals surface area contributed by atoms with Gasteiger partial charge in [-0.3, -0.25) is 9.69 Å². The summed E-state index contributed by atoms with van der Waals surface area (Å²) in [5.41, 5.74) is 1.08. The largest absolute Gasteiger partial charge is 0.464 e. The number of esters is 1. The van der Waals surface area contributed by atoms with Gasteiger partial charge in [0, 0.05) is 18.0 Å². The first-order chi connectivity index (χ1) is 9.70. The van der Waals surface area contributed by atoms with Gasteiger partial charge in [-0.05, 0) is 31.0 Å². The lowest BCUT2D eigenvalue weighted by Crippen LogP contribution is -2.44. The van der Waals surface area contributed by atoms with Crippen molar-refractivity contribution < 1.29 is 14.3 Å². The summed E-state index contributed by atoms with van der Waals surface area (Å²) in [6, 6.07) is 8.30. The molecule has 1 atom stereocenters. The van der Waals surface area contributed by atoms with Crippen LogP contribution in [0, 0.1) is 17.2 Å². The van der Waals surface area contributed by atoms with E-state index in [0.717, 1.165) is 12.8 Å². The van der Waals surface area contributed by atoms with E-state index in [2.05, 4.69) is 6.07 Å². The number of ether oxygens (including phenoxy) is 1. The molecule has 3 rings (SSSR count). The number of amides is 1. The van der Waals surface area contributed by atoms with Gasteiger partial charge in [-0.2, -0.15) is 5.26 Å². The van der Waals surface area contributed by atoms with Crippen molar-refractivity contribution in [2.24, 2.45) is 5.92 Å². The van der Waals surface area contributed by atoms with Crippen molar-refractivity contribution >= 4 is 17.6 Å². The van der Waals surface area contributed by atoms with Gasteiger partial charge in [-0.15, -0.1) is 0 Å². The molecule has 1 aliphatic heterocycles. The topological polar surface area (TPSA) is 70.4 Å². The fraction of sp³-hybridized carbons (Fsp3) is 0.400. The van der Waals surface area contributed by atoms with Crippen LogP contribution in [0.2, 0.25) is 0 Å². The van der Waals surface area contributed by atoms with Crippen LogP contribution in [0.25, 0.3) is 0 Å². The van der Waals surface area contributed by atoms with E-state index >= 15 is 0 Å². The van der Waals surface area contributed by atoms with Gasteiger partial charge in [0.1, 0.15) is 6.04 Å². The van der Waals surface area contributed by atoms with Crippen molar-refractivity contribution in [3.05, 3.63) is 29.8 Å². The second-order valence-electron chi connectivity index (χ2n) is 5.12. The lowest BCUT2D eigenvalue weighted by atomic mass is 10.1. The van der Waals surface area contributed by atoms with Crippen molar-refractivity contribution in [2.45, 2.75) is 25.3 Å². The average Bonchev–Trinajstić information content (AvgIpc) is 3.24.